The van der Waals surface area contributed by atoms with Crippen LogP contribution in [-0.2, 0) is 16.1 Å². The minimum atomic E-state index is -1.01. The summed E-state index contributed by atoms with van der Waals surface area (Å²) in [6.07, 6.45) is 2.90. The fourth-order valence-corrected chi connectivity index (χ4v) is 5.80. The molecule has 11 nitrogen and oxygen atoms in total. The lowest BCUT2D eigenvalue weighted by atomic mass is 10.1. The summed E-state index contributed by atoms with van der Waals surface area (Å²) in [5, 5.41) is 18.2. The lowest BCUT2D eigenvalue weighted by Gasteiger charge is -2.23. The summed E-state index contributed by atoms with van der Waals surface area (Å²) in [5.41, 5.74) is -0.426. The summed E-state index contributed by atoms with van der Waals surface area (Å²) >= 11 is 1.14. The molecule has 0 aliphatic rings. The van der Waals surface area contributed by atoms with Crippen molar-refractivity contribution < 1.29 is 18.7 Å². The fourth-order valence-electron chi connectivity index (χ4n) is 4.58. The number of carbonyl (C=O) groups excluding carboxylic acids is 1. The van der Waals surface area contributed by atoms with Gasteiger partial charge in [-0.1, -0.05) is 18.3 Å². The Bertz CT molecular complexity index is 1680. The van der Waals surface area contributed by atoms with Crippen LogP contribution in [0.5, 0.6) is 5.75 Å². The second-order valence-corrected chi connectivity index (χ2v) is 10.1. The first-order valence-electron chi connectivity index (χ1n) is 12.7. The summed E-state index contributed by atoms with van der Waals surface area (Å²) < 4.78 is 28.1. The number of hydrogen-bond donors (Lipinski definition) is 0. The number of Topliss-reactive ketones (excluding diaryl/α,β-unsaturated/α-hetero) is 1. The lowest BCUT2D eigenvalue weighted by molar-refractivity contribution is -0.122. The van der Waals surface area contributed by atoms with E-state index in [-0.39, 0.29) is 37.2 Å². The zero-order chi connectivity index (χ0) is 29.0. The monoisotopic (exact) mass is 568 g/mol. The zero-order valence-corrected chi connectivity index (χ0v) is 23.4. The highest BCUT2D eigenvalue weighted by Gasteiger charge is 2.28. The topological polar surface area (TPSA) is 134 Å². The van der Waals surface area contributed by atoms with Gasteiger partial charge in [0.2, 0.25) is 0 Å². The van der Waals surface area contributed by atoms with Gasteiger partial charge >= 0.3 is 5.69 Å². The maximum atomic E-state index is 14.4. The Balaban J connectivity index is 1.99. The SMILES string of the molecule is CCCC(=O)C(C)n1c(=O)c2c(C)c(-n3nccn3)sc2n(C[C@H](OCCC#N)c2cc(F)ccc2OC)c1=O. The number of aromatic nitrogens is 5. The number of hydrogen-bond acceptors (Lipinski definition) is 9. The average molecular weight is 569 g/mol. The first-order chi connectivity index (χ1) is 19.2. The normalized spacial score (nSPS) is 12.8. The number of thiophene rings is 1. The van der Waals surface area contributed by atoms with E-state index in [1.807, 2.05) is 13.0 Å². The molecule has 0 saturated carbocycles. The fraction of sp³-hybridized carbons (Fsp3) is 0.407. The van der Waals surface area contributed by atoms with Crippen molar-refractivity contribution in [1.82, 2.24) is 24.1 Å². The van der Waals surface area contributed by atoms with E-state index in [1.54, 1.807) is 6.92 Å². The van der Waals surface area contributed by atoms with Crippen LogP contribution in [0.4, 0.5) is 4.39 Å². The van der Waals surface area contributed by atoms with Crippen LogP contribution in [0.3, 0.4) is 0 Å². The number of nitriles is 1. The van der Waals surface area contributed by atoms with Gasteiger partial charge in [-0.05, 0) is 38.5 Å². The standard InChI is InChI=1S/C27H29FN6O5S/c1-5-7-20(35)17(3)33-24(36)23-16(2)25(34-30-11-12-31-34)40-26(23)32(27(33)37)15-22(39-13-6-10-29)19-14-18(28)8-9-21(19)38-4/h8-9,11-12,14,17,22H,5-7,13,15H2,1-4H3/t17?,22-/m0/s1. The maximum Gasteiger partial charge on any atom is 0.332 e. The molecule has 0 N–H and O–H groups in total. The van der Waals surface area contributed by atoms with Gasteiger partial charge in [-0.15, -0.1) is 4.80 Å². The predicted octanol–water partition coefficient (Wildman–Crippen LogP) is 3.86. The number of ketones is 1. The van der Waals surface area contributed by atoms with E-state index >= 15 is 0 Å². The Labute approximate surface area is 233 Å². The summed E-state index contributed by atoms with van der Waals surface area (Å²) in [7, 11) is 1.43. The van der Waals surface area contributed by atoms with E-state index in [1.165, 1.54) is 54.0 Å². The number of carbonyl (C=O) groups is 1. The number of rotatable bonds is 12. The molecule has 0 radical (unpaired) electrons. The van der Waals surface area contributed by atoms with Crippen LogP contribution in [0.25, 0.3) is 15.2 Å². The average Bonchev–Trinajstić information content (AvgIpc) is 3.58. The lowest BCUT2D eigenvalue weighted by Crippen LogP contribution is -2.44. The highest BCUT2D eigenvalue weighted by molar-refractivity contribution is 7.21. The number of fused-ring (bicyclic) bond motifs is 1. The Morgan fingerprint density at radius 3 is 2.62 bits per heavy atom. The van der Waals surface area contributed by atoms with E-state index in [4.69, 9.17) is 14.7 Å². The molecule has 4 rings (SSSR count). The van der Waals surface area contributed by atoms with E-state index in [9.17, 15) is 18.8 Å². The van der Waals surface area contributed by atoms with Crippen molar-refractivity contribution in [2.75, 3.05) is 13.7 Å². The molecule has 3 aromatic heterocycles. The molecule has 1 unspecified atom stereocenters. The van der Waals surface area contributed by atoms with E-state index in [2.05, 4.69) is 10.2 Å². The summed E-state index contributed by atoms with van der Waals surface area (Å²) in [4.78, 5) is 42.4. The van der Waals surface area contributed by atoms with Crippen molar-refractivity contribution in [2.45, 2.75) is 58.7 Å². The third-order valence-corrected chi connectivity index (χ3v) is 7.87. The summed E-state index contributed by atoms with van der Waals surface area (Å²) in [5.74, 6) is -0.454. The number of aryl methyl sites for hydroxylation is 1. The first-order valence-corrected chi connectivity index (χ1v) is 13.5. The van der Waals surface area contributed by atoms with Gasteiger partial charge in [0.1, 0.15) is 27.5 Å². The number of ether oxygens (including phenoxy) is 2. The van der Waals surface area contributed by atoms with Gasteiger partial charge in [0.15, 0.2) is 5.78 Å². The third kappa shape index (κ3) is 5.45. The number of methoxy groups -OCH3 is 1. The molecule has 2 atom stereocenters. The molecule has 0 bridgehead atoms. The van der Waals surface area contributed by atoms with E-state index in [0.717, 1.165) is 15.9 Å². The molecule has 40 heavy (non-hydrogen) atoms. The van der Waals surface area contributed by atoms with Gasteiger partial charge < -0.3 is 9.47 Å². The molecular weight excluding hydrogens is 539 g/mol. The van der Waals surface area contributed by atoms with Crippen LogP contribution in [0.1, 0.15) is 56.4 Å². The van der Waals surface area contributed by atoms with Crippen molar-refractivity contribution in [2.24, 2.45) is 0 Å². The molecule has 210 valence electrons. The summed E-state index contributed by atoms with van der Waals surface area (Å²) in [6.45, 7) is 4.96. The van der Waals surface area contributed by atoms with Gasteiger partial charge in [0, 0.05) is 17.5 Å². The molecule has 0 aliphatic heterocycles. The van der Waals surface area contributed by atoms with Gasteiger partial charge in [-0.3, -0.25) is 14.2 Å². The number of halogens is 1. The molecule has 1 aromatic carbocycles. The molecule has 4 aromatic rings. The highest BCUT2D eigenvalue weighted by atomic mass is 32.1. The van der Waals surface area contributed by atoms with Crippen LogP contribution in [0.2, 0.25) is 0 Å². The van der Waals surface area contributed by atoms with Gasteiger partial charge in [-0.2, -0.15) is 15.5 Å². The van der Waals surface area contributed by atoms with Crippen molar-refractivity contribution in [3.63, 3.8) is 0 Å². The minimum absolute atomic E-state index is 0.00960. The van der Waals surface area contributed by atoms with Crippen molar-refractivity contribution in [3.05, 3.63) is 68.4 Å². The molecule has 0 amide bonds. The molecule has 13 heteroatoms. The Morgan fingerprint density at radius 2 is 1.98 bits per heavy atom. The van der Waals surface area contributed by atoms with Crippen LogP contribution in [0, 0.1) is 24.1 Å². The van der Waals surface area contributed by atoms with E-state index < -0.39 is 29.2 Å². The molecule has 0 spiro atoms. The van der Waals surface area contributed by atoms with Gasteiger partial charge in [-0.25, -0.2) is 13.8 Å². The molecule has 0 saturated heterocycles. The highest BCUT2D eigenvalue weighted by Crippen LogP contribution is 2.34. The van der Waals surface area contributed by atoms with Crippen LogP contribution >= 0.6 is 11.3 Å². The third-order valence-electron chi connectivity index (χ3n) is 6.59. The van der Waals surface area contributed by atoms with Crippen LogP contribution in [0.15, 0.2) is 40.2 Å². The molecule has 0 aliphatic carbocycles. The van der Waals surface area contributed by atoms with Gasteiger partial charge in [0.25, 0.3) is 5.56 Å². The van der Waals surface area contributed by atoms with Crippen molar-refractivity contribution in [1.29, 1.82) is 5.26 Å². The smallest absolute Gasteiger partial charge is 0.332 e. The largest absolute Gasteiger partial charge is 0.496 e. The second-order valence-electron chi connectivity index (χ2n) is 9.15. The predicted molar refractivity (Wildman–Crippen MR) is 146 cm³/mol. The van der Waals surface area contributed by atoms with E-state index in [0.29, 0.717) is 33.1 Å². The Morgan fingerprint density at radius 1 is 1.25 bits per heavy atom. The quantitative estimate of drug-likeness (QED) is 0.235. The van der Waals surface area contributed by atoms with Gasteiger partial charge in [0.05, 0.1) is 56.6 Å². The Kier molecular flexibility index (Phi) is 8.91. The minimum Gasteiger partial charge on any atom is -0.496 e. The molecule has 0 fully saturated rings. The summed E-state index contributed by atoms with van der Waals surface area (Å²) in [6, 6.07) is 4.94. The van der Waals surface area contributed by atoms with Crippen LogP contribution < -0.4 is 16.0 Å². The molecular formula is C27H29FN6O5S. The molecule has 3 heterocycles. The maximum absolute atomic E-state index is 14.4. The number of benzene rings is 1. The Hall–Kier alpha value is -4.15. The second kappa shape index (κ2) is 12.4. The first kappa shape index (κ1) is 28.8. The van der Waals surface area contributed by atoms with Crippen molar-refractivity contribution >= 4 is 27.3 Å². The van der Waals surface area contributed by atoms with Crippen molar-refractivity contribution in [3.8, 4) is 16.8 Å². The number of nitrogens with zero attached hydrogens (tertiary/aromatic N) is 6. The zero-order valence-electron chi connectivity index (χ0n) is 22.6. The van der Waals surface area contributed by atoms with Crippen LogP contribution in [-0.4, -0.2) is 43.6 Å².